The van der Waals surface area contributed by atoms with E-state index in [1.807, 2.05) is 0 Å². The zero-order valence-corrected chi connectivity index (χ0v) is 11.0. The number of hydrogen-bond donors (Lipinski definition) is 6. The molecular weight excluding hydrogens is 282 g/mol. The van der Waals surface area contributed by atoms with Gasteiger partial charge in [-0.15, -0.1) is 0 Å². The maximum absolute atomic E-state index is 9.77. The summed E-state index contributed by atoms with van der Waals surface area (Å²) in [4.78, 5) is 0. The first-order valence-corrected chi connectivity index (χ1v) is 6.13. The second kappa shape index (κ2) is 5.99. The van der Waals surface area contributed by atoms with Gasteiger partial charge in [0, 0.05) is 18.2 Å². The SMILES string of the molecule is N/C(=N\O)c1cc(/C(N)=N/O)n([C@H]2C[C@H](O)[C@@H](CO)O2)c1. The van der Waals surface area contributed by atoms with Crippen molar-refractivity contribution in [2.45, 2.75) is 24.9 Å². The number of amidine groups is 2. The molecule has 3 atom stereocenters. The van der Waals surface area contributed by atoms with Gasteiger partial charge in [-0.2, -0.15) is 0 Å². The van der Waals surface area contributed by atoms with E-state index in [9.17, 15) is 5.11 Å². The lowest BCUT2D eigenvalue weighted by molar-refractivity contribution is -0.0444. The predicted molar refractivity (Wildman–Crippen MR) is 71.1 cm³/mol. The summed E-state index contributed by atoms with van der Waals surface area (Å²) in [6.07, 6.45) is -0.492. The van der Waals surface area contributed by atoms with Gasteiger partial charge in [0.25, 0.3) is 0 Å². The number of nitrogens with two attached hydrogens (primary N) is 2. The average molecular weight is 299 g/mol. The highest BCUT2D eigenvalue weighted by molar-refractivity contribution is 6.02. The van der Waals surface area contributed by atoms with Gasteiger partial charge in [-0.1, -0.05) is 10.3 Å². The zero-order valence-electron chi connectivity index (χ0n) is 11.0. The molecule has 0 saturated carbocycles. The molecule has 21 heavy (non-hydrogen) atoms. The quantitative estimate of drug-likeness (QED) is 0.167. The lowest BCUT2D eigenvalue weighted by Gasteiger charge is -2.16. The highest BCUT2D eigenvalue weighted by Crippen LogP contribution is 2.30. The summed E-state index contributed by atoms with van der Waals surface area (Å²) in [6.45, 7) is -0.328. The molecule has 8 N–H and O–H groups in total. The van der Waals surface area contributed by atoms with Gasteiger partial charge in [-0.3, -0.25) is 0 Å². The summed E-state index contributed by atoms with van der Waals surface area (Å²) in [7, 11) is 0. The highest BCUT2D eigenvalue weighted by atomic mass is 16.5. The first-order valence-electron chi connectivity index (χ1n) is 6.13. The Bertz CT molecular complexity index is 569. The molecule has 1 aliphatic rings. The predicted octanol–water partition coefficient (Wildman–Crippen LogP) is -1.68. The second-order valence-electron chi connectivity index (χ2n) is 4.61. The van der Waals surface area contributed by atoms with Crippen LogP contribution in [0.2, 0.25) is 0 Å². The molecule has 0 amide bonds. The van der Waals surface area contributed by atoms with E-state index in [1.165, 1.54) is 16.8 Å². The van der Waals surface area contributed by atoms with Crippen molar-refractivity contribution in [3.8, 4) is 0 Å². The van der Waals surface area contributed by atoms with E-state index in [0.717, 1.165) is 0 Å². The van der Waals surface area contributed by atoms with E-state index < -0.39 is 18.4 Å². The Labute approximate surface area is 119 Å². The van der Waals surface area contributed by atoms with Crippen molar-refractivity contribution >= 4 is 11.7 Å². The molecule has 10 heteroatoms. The fourth-order valence-electron chi connectivity index (χ4n) is 2.22. The number of aliphatic hydroxyl groups is 2. The smallest absolute Gasteiger partial charge is 0.186 e. The molecule has 10 nitrogen and oxygen atoms in total. The van der Waals surface area contributed by atoms with Gasteiger partial charge in [-0.25, -0.2) is 0 Å². The van der Waals surface area contributed by atoms with E-state index in [1.54, 1.807) is 0 Å². The molecule has 116 valence electrons. The summed E-state index contributed by atoms with van der Waals surface area (Å²) in [5, 5.41) is 42.2. The Kier molecular flexibility index (Phi) is 4.31. The van der Waals surface area contributed by atoms with Crippen LogP contribution in [0.25, 0.3) is 0 Å². The van der Waals surface area contributed by atoms with Gasteiger partial charge in [0.2, 0.25) is 0 Å². The molecule has 0 radical (unpaired) electrons. The Balaban J connectivity index is 2.40. The number of hydrogen-bond acceptors (Lipinski definition) is 7. The maximum atomic E-state index is 9.77. The number of nitrogens with zero attached hydrogens (tertiary/aromatic N) is 3. The molecule has 1 saturated heterocycles. The fourth-order valence-corrected chi connectivity index (χ4v) is 2.22. The van der Waals surface area contributed by atoms with Gasteiger partial charge in [-0.05, 0) is 6.07 Å². The van der Waals surface area contributed by atoms with Crippen LogP contribution in [0.5, 0.6) is 0 Å². The Morgan fingerprint density at radius 1 is 1.33 bits per heavy atom. The van der Waals surface area contributed by atoms with Crippen molar-refractivity contribution < 1.29 is 25.4 Å². The van der Waals surface area contributed by atoms with Crippen LogP contribution in [-0.2, 0) is 4.74 Å². The van der Waals surface area contributed by atoms with Crippen LogP contribution in [0.3, 0.4) is 0 Å². The first kappa shape index (κ1) is 15.1. The van der Waals surface area contributed by atoms with Gasteiger partial charge in [0.05, 0.1) is 18.4 Å². The van der Waals surface area contributed by atoms with Crippen LogP contribution in [0.1, 0.15) is 23.9 Å². The van der Waals surface area contributed by atoms with Crippen molar-refractivity contribution in [2.24, 2.45) is 21.8 Å². The van der Waals surface area contributed by atoms with Crippen LogP contribution in [-0.4, -0.2) is 55.7 Å². The third-order valence-corrected chi connectivity index (χ3v) is 3.32. The summed E-state index contributed by atoms with van der Waals surface area (Å²) < 4.78 is 6.99. The van der Waals surface area contributed by atoms with Crippen LogP contribution in [0.15, 0.2) is 22.6 Å². The third kappa shape index (κ3) is 2.77. The van der Waals surface area contributed by atoms with Crippen LogP contribution >= 0.6 is 0 Å². The average Bonchev–Trinajstić information content (AvgIpc) is 3.08. The third-order valence-electron chi connectivity index (χ3n) is 3.32. The molecule has 0 unspecified atom stereocenters. The largest absolute Gasteiger partial charge is 0.409 e. The minimum absolute atomic E-state index is 0.155. The molecule has 1 aromatic rings. The number of aromatic nitrogens is 1. The van der Waals surface area contributed by atoms with E-state index in [0.29, 0.717) is 5.56 Å². The number of ether oxygens (including phenoxy) is 1. The fraction of sp³-hybridized carbons (Fsp3) is 0.455. The summed E-state index contributed by atoms with van der Waals surface area (Å²) in [5.41, 5.74) is 11.7. The minimum Gasteiger partial charge on any atom is -0.409 e. The minimum atomic E-state index is -0.838. The van der Waals surface area contributed by atoms with E-state index in [2.05, 4.69) is 10.3 Å². The molecule has 2 heterocycles. The molecule has 1 fully saturated rings. The lowest BCUT2D eigenvalue weighted by Crippen LogP contribution is -2.24. The topological polar surface area (TPSA) is 172 Å². The first-order chi connectivity index (χ1) is 10.0. The maximum Gasteiger partial charge on any atom is 0.186 e. The molecular formula is C11H17N5O5. The molecule has 0 aliphatic carbocycles. The van der Waals surface area contributed by atoms with Gasteiger partial charge in [0.1, 0.15) is 12.3 Å². The molecule has 2 rings (SSSR count). The van der Waals surface area contributed by atoms with Crippen LogP contribution in [0, 0.1) is 0 Å². The van der Waals surface area contributed by atoms with Crippen molar-refractivity contribution in [3.63, 3.8) is 0 Å². The van der Waals surface area contributed by atoms with Crippen LogP contribution in [0.4, 0.5) is 0 Å². The van der Waals surface area contributed by atoms with E-state index in [-0.39, 0.29) is 30.4 Å². The van der Waals surface area contributed by atoms with Crippen LogP contribution < -0.4 is 11.5 Å². The number of rotatable bonds is 4. The van der Waals surface area contributed by atoms with E-state index >= 15 is 0 Å². The normalized spacial score (nSPS) is 27.2. The Morgan fingerprint density at radius 3 is 2.52 bits per heavy atom. The molecule has 0 bridgehead atoms. The summed E-state index contributed by atoms with van der Waals surface area (Å²) in [5.74, 6) is -0.351. The second-order valence-corrected chi connectivity index (χ2v) is 4.61. The van der Waals surface area contributed by atoms with Crippen molar-refractivity contribution in [3.05, 3.63) is 23.5 Å². The summed E-state index contributed by atoms with van der Waals surface area (Å²) in [6, 6.07) is 1.45. The van der Waals surface area contributed by atoms with Gasteiger partial charge >= 0.3 is 0 Å². The van der Waals surface area contributed by atoms with E-state index in [4.69, 9.17) is 31.7 Å². The lowest BCUT2D eigenvalue weighted by atomic mass is 10.2. The molecule has 1 aliphatic heterocycles. The molecule has 1 aromatic heterocycles. The number of oxime groups is 2. The van der Waals surface area contributed by atoms with Crippen molar-refractivity contribution in [2.75, 3.05) is 6.61 Å². The van der Waals surface area contributed by atoms with Crippen molar-refractivity contribution in [1.82, 2.24) is 4.57 Å². The zero-order chi connectivity index (χ0) is 15.6. The Hall–Kier alpha value is -2.30. The molecule has 0 spiro atoms. The monoisotopic (exact) mass is 299 g/mol. The Morgan fingerprint density at radius 2 is 2.00 bits per heavy atom. The standard InChI is InChI=1S/C11H17N5O5/c12-10(14-19)5-1-6(11(13)15-20)16(3-5)9-2-7(18)8(4-17)21-9/h1,3,7-9,17-20H,2,4H2,(H2,12,14)(H2,13,15)/t7-,8+,9+/m0/s1. The van der Waals surface area contributed by atoms with Crippen molar-refractivity contribution in [1.29, 1.82) is 0 Å². The summed E-state index contributed by atoms with van der Waals surface area (Å²) >= 11 is 0. The highest BCUT2D eigenvalue weighted by Gasteiger charge is 2.35. The molecule has 0 aromatic carbocycles. The number of aliphatic hydroxyl groups excluding tert-OH is 2. The van der Waals surface area contributed by atoms with Gasteiger partial charge in [0.15, 0.2) is 11.7 Å². The van der Waals surface area contributed by atoms with Gasteiger partial charge < -0.3 is 41.4 Å².